The molecule has 0 aromatic heterocycles. The largest absolute Gasteiger partial charge is 3.00 e. The number of carbonyl (C=O) groups excluding carboxylic acids is 3. The third-order valence-electron chi connectivity index (χ3n) is 7.90. The van der Waals surface area contributed by atoms with Gasteiger partial charge < -0.3 is 29.7 Å². The summed E-state index contributed by atoms with van der Waals surface area (Å²) < 4.78 is 0. The molecule has 0 aliphatic heterocycles. The van der Waals surface area contributed by atoms with Crippen LogP contribution in [0, 0.1) is 16.2 Å². The van der Waals surface area contributed by atoms with Crippen molar-refractivity contribution in [2.75, 3.05) is 0 Å². The van der Waals surface area contributed by atoms with Crippen LogP contribution in [0.5, 0.6) is 0 Å². The molecule has 192 valence electrons. The summed E-state index contributed by atoms with van der Waals surface area (Å²) in [5.74, 6) is -2.68. The molecule has 0 aromatic carbocycles. The van der Waals surface area contributed by atoms with E-state index >= 15 is 0 Å². The maximum atomic E-state index is 10.4. The molecule has 0 spiro atoms. The average Bonchev–Trinajstić information content (AvgIpc) is 2.68. The molecule has 3 rings (SSSR count). The first-order chi connectivity index (χ1) is 15.4. The molecule has 6 nitrogen and oxygen atoms in total. The maximum Gasteiger partial charge on any atom is 3.00 e. The van der Waals surface area contributed by atoms with Gasteiger partial charge >= 0.3 is 17.4 Å². The van der Waals surface area contributed by atoms with Gasteiger partial charge in [-0.3, -0.25) is 0 Å². The van der Waals surface area contributed by atoms with E-state index in [-0.39, 0.29) is 52.9 Å². The average molecular weight is 493 g/mol. The van der Waals surface area contributed by atoms with Gasteiger partial charge in [0, 0.05) is 17.9 Å². The summed E-state index contributed by atoms with van der Waals surface area (Å²) in [5, 5.41) is 31.1. The fourth-order valence-corrected chi connectivity index (χ4v) is 5.79. The van der Waals surface area contributed by atoms with Crippen LogP contribution in [-0.4, -0.2) is 35.3 Å². The zero-order valence-corrected chi connectivity index (χ0v) is 22.9. The molecule has 0 amide bonds. The number of aliphatic carboxylic acids is 3. The Kier molecular flexibility index (Phi) is 15.3. The SMILES string of the molecule is CC1(CC(=O)[O-])CCCCC1.CC1(CC(=O)[O-])CCCCC1.CC1(CC(=O)[O-])CCCCC1.[Al+3]. The predicted molar refractivity (Wildman–Crippen MR) is 128 cm³/mol. The van der Waals surface area contributed by atoms with Gasteiger partial charge in [0.2, 0.25) is 0 Å². The maximum absolute atomic E-state index is 10.4. The molecule has 0 heterocycles. The van der Waals surface area contributed by atoms with Gasteiger partial charge in [-0.05, 0) is 74.0 Å². The minimum atomic E-state index is -0.894. The number of carbonyl (C=O) groups is 3. The molecule has 0 N–H and O–H groups in total. The first-order valence-electron chi connectivity index (χ1n) is 13.0. The van der Waals surface area contributed by atoms with E-state index in [1.165, 1.54) is 57.8 Å². The van der Waals surface area contributed by atoms with Crippen LogP contribution in [0.15, 0.2) is 0 Å². The van der Waals surface area contributed by atoms with Gasteiger partial charge in [-0.15, -0.1) is 0 Å². The predicted octanol–water partition coefficient (Wildman–Crippen LogP) is 2.91. The topological polar surface area (TPSA) is 120 Å². The number of hydrogen-bond acceptors (Lipinski definition) is 6. The Labute approximate surface area is 217 Å². The van der Waals surface area contributed by atoms with Crippen LogP contribution in [0.4, 0.5) is 0 Å². The number of carboxylic acid groups (broad SMARTS) is 3. The van der Waals surface area contributed by atoms with Crippen molar-refractivity contribution in [3.8, 4) is 0 Å². The van der Waals surface area contributed by atoms with Crippen LogP contribution in [0.25, 0.3) is 0 Å². The third-order valence-corrected chi connectivity index (χ3v) is 7.90. The van der Waals surface area contributed by atoms with Crippen molar-refractivity contribution in [1.29, 1.82) is 0 Å². The number of carboxylic acids is 3. The standard InChI is InChI=1S/3C9H16O2.Al/c3*1-9(7-8(10)11)5-3-2-4-6-9;/h3*2-7H2,1H3,(H,10,11);/q;;;+3/p-3. The fourth-order valence-electron chi connectivity index (χ4n) is 5.79. The Balaban J connectivity index is 0.000000473. The molecular formula is C27H45AlO6. The van der Waals surface area contributed by atoms with Crippen molar-refractivity contribution in [2.45, 2.75) is 136 Å². The van der Waals surface area contributed by atoms with Crippen molar-refractivity contribution >= 4 is 35.3 Å². The second-order valence-electron chi connectivity index (χ2n) is 11.8. The van der Waals surface area contributed by atoms with E-state index in [9.17, 15) is 29.7 Å². The van der Waals surface area contributed by atoms with Crippen molar-refractivity contribution in [1.82, 2.24) is 0 Å². The quantitative estimate of drug-likeness (QED) is 0.526. The van der Waals surface area contributed by atoms with Crippen LogP contribution in [0.1, 0.15) is 136 Å². The Morgan fingerprint density at radius 3 is 0.794 bits per heavy atom. The van der Waals surface area contributed by atoms with Crippen LogP contribution < -0.4 is 15.3 Å². The molecule has 34 heavy (non-hydrogen) atoms. The molecule has 3 aliphatic carbocycles. The smallest absolute Gasteiger partial charge is 0.550 e. The summed E-state index contributed by atoms with van der Waals surface area (Å²) in [6.07, 6.45) is 18.0. The van der Waals surface area contributed by atoms with E-state index in [1.54, 1.807) is 0 Å². The Morgan fingerprint density at radius 2 is 0.647 bits per heavy atom. The van der Waals surface area contributed by atoms with Crippen molar-refractivity contribution < 1.29 is 29.7 Å². The third kappa shape index (κ3) is 14.4. The zero-order chi connectivity index (χ0) is 25.0. The minimum absolute atomic E-state index is 0. The van der Waals surface area contributed by atoms with Gasteiger partial charge in [0.15, 0.2) is 0 Å². The van der Waals surface area contributed by atoms with Crippen LogP contribution >= 0.6 is 0 Å². The Hall–Kier alpha value is -1.06. The van der Waals surface area contributed by atoms with Gasteiger partial charge in [-0.1, -0.05) is 78.6 Å². The molecule has 0 radical (unpaired) electrons. The Bertz CT molecular complexity index is 529. The molecular weight excluding hydrogens is 447 g/mol. The molecule has 0 atom stereocenters. The van der Waals surface area contributed by atoms with E-state index < -0.39 is 17.9 Å². The van der Waals surface area contributed by atoms with E-state index in [4.69, 9.17) is 0 Å². The Morgan fingerprint density at radius 1 is 0.471 bits per heavy atom. The molecule has 0 aromatic rings. The van der Waals surface area contributed by atoms with E-state index in [1.807, 2.05) is 0 Å². The van der Waals surface area contributed by atoms with Gasteiger partial charge in [-0.2, -0.15) is 0 Å². The van der Waals surface area contributed by atoms with Gasteiger partial charge in [0.1, 0.15) is 0 Å². The molecule has 3 saturated carbocycles. The molecule has 3 fully saturated rings. The van der Waals surface area contributed by atoms with E-state index in [0.717, 1.165) is 38.5 Å². The minimum Gasteiger partial charge on any atom is -0.550 e. The molecule has 3 aliphatic rings. The van der Waals surface area contributed by atoms with Gasteiger partial charge in [0.05, 0.1) is 0 Å². The van der Waals surface area contributed by atoms with E-state index in [2.05, 4.69) is 20.8 Å². The summed E-state index contributed by atoms with van der Waals surface area (Å²) in [6, 6.07) is 0. The summed E-state index contributed by atoms with van der Waals surface area (Å²) in [6.45, 7) is 6.17. The van der Waals surface area contributed by atoms with Crippen molar-refractivity contribution in [2.24, 2.45) is 16.2 Å². The fraction of sp³-hybridized carbons (Fsp3) is 0.889. The van der Waals surface area contributed by atoms with Crippen LogP contribution in [0.3, 0.4) is 0 Å². The molecule has 7 heteroatoms. The zero-order valence-electron chi connectivity index (χ0n) is 21.8. The molecule has 0 bridgehead atoms. The summed E-state index contributed by atoms with van der Waals surface area (Å²) in [7, 11) is 0. The van der Waals surface area contributed by atoms with Gasteiger partial charge in [0.25, 0.3) is 0 Å². The van der Waals surface area contributed by atoms with Crippen LogP contribution in [0.2, 0.25) is 0 Å². The van der Waals surface area contributed by atoms with Crippen LogP contribution in [-0.2, 0) is 14.4 Å². The first kappa shape index (κ1) is 32.9. The summed E-state index contributed by atoms with van der Waals surface area (Å²) in [4.78, 5) is 31.1. The van der Waals surface area contributed by atoms with Gasteiger partial charge in [-0.25, -0.2) is 0 Å². The number of rotatable bonds is 6. The normalized spacial score (nSPS) is 22.3. The van der Waals surface area contributed by atoms with E-state index in [0.29, 0.717) is 0 Å². The second-order valence-corrected chi connectivity index (χ2v) is 11.8. The number of hydrogen-bond donors (Lipinski definition) is 0. The second kappa shape index (κ2) is 15.8. The van der Waals surface area contributed by atoms with Crippen molar-refractivity contribution in [3.63, 3.8) is 0 Å². The first-order valence-corrected chi connectivity index (χ1v) is 13.0. The molecule has 0 unspecified atom stereocenters. The van der Waals surface area contributed by atoms with Crippen molar-refractivity contribution in [3.05, 3.63) is 0 Å². The summed E-state index contributed by atoms with van der Waals surface area (Å²) in [5.41, 5.74) is 0.116. The molecule has 0 saturated heterocycles. The monoisotopic (exact) mass is 492 g/mol. The summed E-state index contributed by atoms with van der Waals surface area (Å²) >= 11 is 0.